The van der Waals surface area contributed by atoms with Gasteiger partial charge >= 0.3 is 0 Å². The lowest BCUT2D eigenvalue weighted by atomic mass is 9.93. The normalized spacial score (nSPS) is 12.1. The minimum atomic E-state index is -0.543. The molecule has 7 nitrogen and oxygen atoms in total. The number of hydrogen-bond acceptors (Lipinski definition) is 5. The molecule has 5 rings (SSSR count). The van der Waals surface area contributed by atoms with Crippen LogP contribution in [0.15, 0.2) is 72.2 Å². The molecule has 0 bridgehead atoms. The van der Waals surface area contributed by atoms with Gasteiger partial charge in [-0.1, -0.05) is 6.58 Å². The Hall–Kier alpha value is -3.98. The highest BCUT2D eigenvalue weighted by molar-refractivity contribution is 9.10. The number of nitrogen functional groups attached to an aromatic ring is 1. The van der Waals surface area contributed by atoms with Gasteiger partial charge in [-0.15, -0.1) is 0 Å². The average Bonchev–Trinajstić information content (AvgIpc) is 3.46. The molecule has 0 saturated carbocycles. The number of aryl methyl sites for hydroxylation is 2. The Morgan fingerprint density at radius 3 is 2.78 bits per heavy atom. The molecule has 2 N–H and O–H groups in total. The van der Waals surface area contributed by atoms with Crippen LogP contribution in [-0.2, 0) is 13.6 Å². The predicted octanol–water partition coefficient (Wildman–Crippen LogP) is 6.54. The van der Waals surface area contributed by atoms with E-state index in [0.717, 1.165) is 44.3 Å². The van der Waals surface area contributed by atoms with Gasteiger partial charge in [-0.3, -0.25) is 4.68 Å². The zero-order chi connectivity index (χ0) is 26.3. The average molecular weight is 561 g/mol. The Morgan fingerprint density at radius 1 is 1.19 bits per heavy atom. The van der Waals surface area contributed by atoms with Crippen LogP contribution < -0.4 is 10.5 Å². The minimum absolute atomic E-state index is 0.251. The quantitative estimate of drug-likeness (QED) is 0.244. The molecule has 0 amide bonds. The minimum Gasteiger partial charge on any atom is -0.482 e. The second-order valence-corrected chi connectivity index (χ2v) is 9.69. The smallest absolute Gasteiger partial charge is 0.166 e. The Labute approximate surface area is 222 Å². The van der Waals surface area contributed by atoms with Crippen LogP contribution in [0.4, 0.5) is 10.2 Å². The maximum atomic E-state index is 14.5. The molecule has 0 radical (unpaired) electrons. The molecule has 1 aromatic carbocycles. The fourth-order valence-electron chi connectivity index (χ4n) is 4.52. The molecule has 5 aromatic rings. The monoisotopic (exact) mass is 560 g/mol. The van der Waals surface area contributed by atoms with E-state index in [0.29, 0.717) is 17.0 Å². The fraction of sp³-hybridized carbons (Fsp3) is 0.179. The van der Waals surface area contributed by atoms with Gasteiger partial charge in [0.2, 0.25) is 0 Å². The predicted molar refractivity (Wildman–Crippen MR) is 148 cm³/mol. The summed E-state index contributed by atoms with van der Waals surface area (Å²) in [6.07, 6.45) is 6.83. The molecular weight excluding hydrogens is 535 g/mol. The molecular formula is C28H26BrFN6O. The number of pyridine rings is 2. The standard InChI is InChI=1S/C28H26BrFN6O/c1-5-36-15-23(21-7-6-10-32-28(21)36)16(2)24-14-35(4)34-26(24)20-9-8-19(30)12-22(20)17(3)37-25-11-18(29)13-33-27(25)31/h6-15,17H,2,5H2,1,3-4H3,(H2,31,33)/t17-/m1/s1. The van der Waals surface area contributed by atoms with Crippen LogP contribution in [0.5, 0.6) is 5.75 Å². The lowest BCUT2D eigenvalue weighted by Gasteiger charge is -2.19. The van der Waals surface area contributed by atoms with Crippen molar-refractivity contribution in [2.24, 2.45) is 7.05 Å². The number of ether oxygens (including phenoxy) is 1. The molecule has 37 heavy (non-hydrogen) atoms. The summed E-state index contributed by atoms with van der Waals surface area (Å²) in [5.74, 6) is 0.284. The van der Waals surface area contributed by atoms with Gasteiger partial charge in [0.15, 0.2) is 11.6 Å². The van der Waals surface area contributed by atoms with Crippen LogP contribution in [0.25, 0.3) is 27.9 Å². The third-order valence-corrected chi connectivity index (χ3v) is 6.75. The summed E-state index contributed by atoms with van der Waals surface area (Å²) in [7, 11) is 1.86. The Kier molecular flexibility index (Phi) is 6.55. The van der Waals surface area contributed by atoms with Gasteiger partial charge in [-0.25, -0.2) is 14.4 Å². The summed E-state index contributed by atoms with van der Waals surface area (Å²) >= 11 is 3.39. The zero-order valence-electron chi connectivity index (χ0n) is 20.7. The molecule has 0 spiro atoms. The number of nitrogens with zero attached hydrogens (tertiary/aromatic N) is 5. The number of halogens is 2. The molecule has 0 unspecified atom stereocenters. The maximum Gasteiger partial charge on any atom is 0.166 e. The molecule has 0 fully saturated rings. The second kappa shape index (κ2) is 9.82. The van der Waals surface area contributed by atoms with E-state index in [9.17, 15) is 4.39 Å². The van der Waals surface area contributed by atoms with E-state index in [1.165, 1.54) is 12.1 Å². The SMILES string of the molecule is C=C(c1cn(C)nc1-c1ccc(F)cc1[C@@H](C)Oc1cc(Br)cnc1N)c1cn(CC)c2ncccc12. The topological polar surface area (TPSA) is 83.8 Å². The van der Waals surface area contributed by atoms with Gasteiger partial charge in [0.25, 0.3) is 0 Å². The van der Waals surface area contributed by atoms with Crippen LogP contribution >= 0.6 is 15.9 Å². The number of benzene rings is 1. The van der Waals surface area contributed by atoms with E-state index < -0.39 is 6.10 Å². The molecule has 0 aliphatic rings. The van der Waals surface area contributed by atoms with Gasteiger partial charge in [-0.05, 0) is 71.7 Å². The molecule has 188 valence electrons. The van der Waals surface area contributed by atoms with Gasteiger partial charge < -0.3 is 15.0 Å². The molecule has 0 saturated heterocycles. The number of rotatable bonds is 7. The molecule has 1 atom stereocenters. The van der Waals surface area contributed by atoms with Crippen LogP contribution in [0.2, 0.25) is 0 Å². The number of anilines is 1. The Morgan fingerprint density at radius 2 is 2.00 bits per heavy atom. The van der Waals surface area contributed by atoms with Crippen molar-refractivity contribution >= 4 is 38.4 Å². The second-order valence-electron chi connectivity index (χ2n) is 8.78. The van der Waals surface area contributed by atoms with Crippen molar-refractivity contribution in [1.82, 2.24) is 24.3 Å². The van der Waals surface area contributed by atoms with Crippen molar-refractivity contribution < 1.29 is 9.13 Å². The van der Waals surface area contributed by atoms with E-state index in [2.05, 4.69) is 50.2 Å². The fourth-order valence-corrected chi connectivity index (χ4v) is 4.83. The highest BCUT2D eigenvalue weighted by atomic mass is 79.9. The first-order valence-electron chi connectivity index (χ1n) is 11.8. The molecule has 9 heteroatoms. The van der Waals surface area contributed by atoms with Crippen molar-refractivity contribution in [3.8, 4) is 17.0 Å². The van der Waals surface area contributed by atoms with E-state index in [1.54, 1.807) is 29.2 Å². The summed E-state index contributed by atoms with van der Waals surface area (Å²) < 4.78 is 25.2. The van der Waals surface area contributed by atoms with Crippen molar-refractivity contribution in [3.63, 3.8) is 0 Å². The number of aromatic nitrogens is 5. The summed E-state index contributed by atoms with van der Waals surface area (Å²) in [5.41, 5.74) is 11.6. The van der Waals surface area contributed by atoms with Gasteiger partial charge in [-0.2, -0.15) is 5.10 Å². The summed E-state index contributed by atoms with van der Waals surface area (Å²) in [6, 6.07) is 10.3. The lowest BCUT2D eigenvalue weighted by molar-refractivity contribution is 0.227. The molecule has 0 aliphatic heterocycles. The van der Waals surface area contributed by atoms with E-state index in [4.69, 9.17) is 15.6 Å². The Balaban J connectivity index is 1.60. The van der Waals surface area contributed by atoms with Gasteiger partial charge in [0.1, 0.15) is 23.3 Å². The van der Waals surface area contributed by atoms with Crippen LogP contribution in [-0.4, -0.2) is 24.3 Å². The lowest BCUT2D eigenvalue weighted by Crippen LogP contribution is -2.08. The van der Waals surface area contributed by atoms with Crippen LogP contribution in [0.1, 0.15) is 36.6 Å². The van der Waals surface area contributed by atoms with Gasteiger partial charge in [0, 0.05) is 70.5 Å². The van der Waals surface area contributed by atoms with Gasteiger partial charge in [0.05, 0.1) is 0 Å². The summed E-state index contributed by atoms with van der Waals surface area (Å²) in [6.45, 7) is 9.15. The number of fused-ring (bicyclic) bond motifs is 1. The Bertz CT molecular complexity index is 1640. The highest BCUT2D eigenvalue weighted by Gasteiger charge is 2.23. The van der Waals surface area contributed by atoms with E-state index in [1.807, 2.05) is 32.3 Å². The first-order chi connectivity index (χ1) is 17.8. The van der Waals surface area contributed by atoms with Crippen LogP contribution in [0, 0.1) is 5.82 Å². The maximum absolute atomic E-state index is 14.5. The molecule has 0 aliphatic carbocycles. The first-order valence-corrected chi connectivity index (χ1v) is 12.6. The van der Waals surface area contributed by atoms with E-state index in [-0.39, 0.29) is 11.6 Å². The summed E-state index contributed by atoms with van der Waals surface area (Å²) in [4.78, 5) is 8.69. The third-order valence-electron chi connectivity index (χ3n) is 6.31. The largest absolute Gasteiger partial charge is 0.482 e. The summed E-state index contributed by atoms with van der Waals surface area (Å²) in [5, 5.41) is 5.77. The van der Waals surface area contributed by atoms with Crippen molar-refractivity contribution in [1.29, 1.82) is 0 Å². The third kappa shape index (κ3) is 4.62. The molecule has 4 heterocycles. The number of nitrogens with two attached hydrogens (primary N) is 1. The van der Waals surface area contributed by atoms with Crippen molar-refractivity contribution in [3.05, 3.63) is 94.7 Å². The van der Waals surface area contributed by atoms with Crippen LogP contribution in [0.3, 0.4) is 0 Å². The van der Waals surface area contributed by atoms with E-state index >= 15 is 0 Å². The first kappa shape index (κ1) is 24.7. The number of hydrogen-bond donors (Lipinski definition) is 1. The molecule has 4 aromatic heterocycles. The highest BCUT2D eigenvalue weighted by Crippen LogP contribution is 2.38. The zero-order valence-corrected chi connectivity index (χ0v) is 22.3. The van der Waals surface area contributed by atoms with Crippen molar-refractivity contribution in [2.75, 3.05) is 5.73 Å². The van der Waals surface area contributed by atoms with Crippen molar-refractivity contribution in [2.45, 2.75) is 26.5 Å².